The first-order valence-electron chi connectivity index (χ1n) is 11.2. The van der Waals surface area contributed by atoms with Crippen LogP contribution >= 0.6 is 46.2 Å². The Labute approximate surface area is 226 Å². The molecule has 0 saturated carbocycles. The topological polar surface area (TPSA) is 84.6 Å². The maximum Gasteiger partial charge on any atom is 0.345 e. The number of nitrogens with zero attached hydrogens (tertiary/aromatic N) is 3. The van der Waals surface area contributed by atoms with Gasteiger partial charge in [0.05, 0.1) is 0 Å². The Morgan fingerprint density at radius 2 is 2.00 bits per heavy atom. The second kappa shape index (κ2) is 13.0. The van der Waals surface area contributed by atoms with Gasteiger partial charge in [0.2, 0.25) is 0 Å². The number of carboxylic acids is 1. The zero-order valence-corrected chi connectivity index (χ0v) is 22.6. The zero-order valence-electron chi connectivity index (χ0n) is 19.3. The van der Waals surface area contributed by atoms with Crippen LogP contribution < -0.4 is 0 Å². The molecule has 1 aromatic carbocycles. The lowest BCUT2D eigenvalue weighted by atomic mass is 10.1. The monoisotopic (exact) mass is 553 g/mol. The number of carboxylic acid groups (broad SMARTS) is 1. The van der Waals surface area contributed by atoms with Crippen molar-refractivity contribution >= 4 is 57.4 Å². The molecule has 2 aromatic heterocycles. The fraction of sp³-hybridized carbons (Fsp3) is 0.269. The third kappa shape index (κ3) is 7.39. The molecule has 0 radical (unpaired) electrons. The SMILES string of the molecule is N#Cc1cc(C#Cc2cccc(CSCCN3CCSC(=O)N3CCc3ccc(C(=O)O)s3)c2)cs1. The van der Waals surface area contributed by atoms with Gasteiger partial charge in [-0.3, -0.25) is 9.80 Å². The van der Waals surface area contributed by atoms with Crippen LogP contribution in [0.25, 0.3) is 0 Å². The molecule has 1 fully saturated rings. The lowest BCUT2D eigenvalue weighted by molar-refractivity contribution is 0.0349. The minimum Gasteiger partial charge on any atom is -0.477 e. The fourth-order valence-electron chi connectivity index (χ4n) is 3.56. The van der Waals surface area contributed by atoms with Gasteiger partial charge in [-0.15, -0.1) is 22.7 Å². The summed E-state index contributed by atoms with van der Waals surface area (Å²) >= 11 is 5.83. The lowest BCUT2D eigenvalue weighted by Crippen LogP contribution is -2.51. The molecule has 1 saturated heterocycles. The molecule has 1 aliphatic rings. The molecule has 1 amide bonds. The molecule has 1 N–H and O–H groups in total. The van der Waals surface area contributed by atoms with Crippen molar-refractivity contribution in [2.45, 2.75) is 12.2 Å². The molecule has 10 heteroatoms. The third-order valence-electron chi connectivity index (χ3n) is 5.32. The van der Waals surface area contributed by atoms with E-state index in [-0.39, 0.29) is 5.24 Å². The van der Waals surface area contributed by atoms with E-state index < -0.39 is 5.97 Å². The number of carbonyl (C=O) groups excluding carboxylic acids is 1. The van der Waals surface area contributed by atoms with Gasteiger partial charge in [-0.05, 0) is 35.9 Å². The van der Waals surface area contributed by atoms with Crippen molar-refractivity contribution in [1.82, 2.24) is 10.0 Å². The summed E-state index contributed by atoms with van der Waals surface area (Å²) < 4.78 is 0. The summed E-state index contributed by atoms with van der Waals surface area (Å²) in [6, 6.07) is 15.6. The van der Waals surface area contributed by atoms with E-state index in [4.69, 9.17) is 10.4 Å². The van der Waals surface area contributed by atoms with Crippen LogP contribution in [-0.2, 0) is 12.2 Å². The molecule has 184 valence electrons. The van der Waals surface area contributed by atoms with E-state index in [0.717, 1.165) is 46.4 Å². The van der Waals surface area contributed by atoms with Gasteiger partial charge in [0.15, 0.2) is 0 Å². The van der Waals surface area contributed by atoms with Crippen molar-refractivity contribution in [3.63, 3.8) is 0 Å². The lowest BCUT2D eigenvalue weighted by Gasteiger charge is -2.37. The standard InChI is InChI=1S/C26H23N3O3S4/c27-16-23-15-21(18-35-23)5-4-19-2-1-3-20(14-19)17-33-12-10-28-11-13-34-26(32)29(28)9-8-22-6-7-24(36-22)25(30)31/h1-3,6-7,14-15,18H,8-13,17H2,(H,30,31). The molecule has 3 aromatic rings. The van der Waals surface area contributed by atoms with E-state index in [9.17, 15) is 9.59 Å². The molecule has 0 aliphatic carbocycles. The van der Waals surface area contributed by atoms with E-state index in [1.807, 2.05) is 40.3 Å². The average Bonchev–Trinajstić information content (AvgIpc) is 3.55. The van der Waals surface area contributed by atoms with Crippen molar-refractivity contribution < 1.29 is 14.7 Å². The molecular weight excluding hydrogens is 531 g/mol. The normalized spacial score (nSPS) is 13.8. The number of hydrogen-bond acceptors (Lipinski definition) is 8. The fourth-order valence-corrected chi connectivity index (χ4v) is 6.76. The Hall–Kier alpha value is -2.73. The number of hydrazine groups is 1. The molecule has 0 spiro atoms. The Morgan fingerprint density at radius 3 is 2.78 bits per heavy atom. The number of rotatable bonds is 9. The number of carbonyl (C=O) groups is 2. The van der Waals surface area contributed by atoms with Crippen molar-refractivity contribution in [3.8, 4) is 17.9 Å². The van der Waals surface area contributed by atoms with E-state index in [1.165, 1.54) is 40.0 Å². The van der Waals surface area contributed by atoms with Gasteiger partial charge in [-0.1, -0.05) is 35.7 Å². The van der Waals surface area contributed by atoms with Crippen molar-refractivity contribution in [2.75, 3.05) is 31.1 Å². The van der Waals surface area contributed by atoms with Crippen LogP contribution in [-0.4, -0.2) is 57.5 Å². The van der Waals surface area contributed by atoms with Gasteiger partial charge in [0.1, 0.15) is 15.8 Å². The summed E-state index contributed by atoms with van der Waals surface area (Å²) in [5.74, 6) is 7.91. The number of benzene rings is 1. The molecule has 6 nitrogen and oxygen atoms in total. The predicted molar refractivity (Wildman–Crippen MR) is 149 cm³/mol. The van der Waals surface area contributed by atoms with E-state index >= 15 is 0 Å². The van der Waals surface area contributed by atoms with Crippen LogP contribution in [0.2, 0.25) is 0 Å². The smallest absolute Gasteiger partial charge is 0.345 e. The molecule has 0 bridgehead atoms. The summed E-state index contributed by atoms with van der Waals surface area (Å²) in [5, 5.41) is 23.9. The third-order valence-corrected chi connectivity index (χ3v) is 9.14. The van der Waals surface area contributed by atoms with Crippen LogP contribution in [0.4, 0.5) is 4.79 Å². The maximum absolute atomic E-state index is 12.5. The van der Waals surface area contributed by atoms with Gasteiger partial charge in [-0.25, -0.2) is 9.80 Å². The molecule has 3 heterocycles. The summed E-state index contributed by atoms with van der Waals surface area (Å²) in [6.07, 6.45) is 0.644. The van der Waals surface area contributed by atoms with Crippen LogP contribution in [0.15, 0.2) is 47.8 Å². The van der Waals surface area contributed by atoms with Crippen LogP contribution in [0.5, 0.6) is 0 Å². The summed E-state index contributed by atoms with van der Waals surface area (Å²) in [7, 11) is 0. The van der Waals surface area contributed by atoms with Gasteiger partial charge in [0.25, 0.3) is 5.24 Å². The van der Waals surface area contributed by atoms with Gasteiger partial charge >= 0.3 is 5.97 Å². The number of thiophene rings is 2. The van der Waals surface area contributed by atoms with Crippen molar-refractivity contribution in [1.29, 1.82) is 5.26 Å². The number of aromatic carboxylic acids is 1. The minimum absolute atomic E-state index is 0.0556. The first kappa shape index (κ1) is 26.3. The first-order chi connectivity index (χ1) is 17.5. The van der Waals surface area contributed by atoms with Crippen molar-refractivity contribution in [3.05, 3.63) is 79.2 Å². The largest absolute Gasteiger partial charge is 0.477 e. The Kier molecular flexibility index (Phi) is 9.51. The highest BCUT2D eigenvalue weighted by atomic mass is 32.2. The van der Waals surface area contributed by atoms with E-state index in [1.54, 1.807) is 12.1 Å². The quantitative estimate of drug-likeness (QED) is 0.271. The molecule has 0 unspecified atom stereocenters. The molecule has 4 rings (SSSR count). The van der Waals surface area contributed by atoms with Crippen molar-refractivity contribution in [2.24, 2.45) is 0 Å². The maximum atomic E-state index is 12.5. The van der Waals surface area contributed by atoms with Crippen LogP contribution in [0.1, 0.15) is 36.1 Å². The van der Waals surface area contributed by atoms with Gasteiger partial charge in [0, 0.05) is 64.7 Å². The van der Waals surface area contributed by atoms with Crippen LogP contribution in [0.3, 0.4) is 0 Å². The number of hydrogen-bond donors (Lipinski definition) is 1. The second-order valence-corrected chi connectivity index (χ2v) is 12.1. The van der Waals surface area contributed by atoms with E-state index in [2.05, 4.69) is 35.1 Å². The first-order valence-corrected chi connectivity index (χ1v) is 15.0. The second-order valence-electron chi connectivity index (χ2n) is 7.83. The molecule has 1 aliphatic heterocycles. The zero-order chi connectivity index (χ0) is 25.3. The molecule has 36 heavy (non-hydrogen) atoms. The highest BCUT2D eigenvalue weighted by Gasteiger charge is 2.26. The average molecular weight is 554 g/mol. The summed E-state index contributed by atoms with van der Waals surface area (Å²) in [4.78, 5) is 25.6. The Morgan fingerprint density at radius 1 is 1.14 bits per heavy atom. The number of thioether (sulfide) groups is 2. The molecule has 0 atom stereocenters. The molecular formula is C26H23N3O3S4. The van der Waals surface area contributed by atoms with Crippen LogP contribution in [0, 0.1) is 23.2 Å². The number of amides is 1. The highest BCUT2D eigenvalue weighted by Crippen LogP contribution is 2.23. The van der Waals surface area contributed by atoms with E-state index in [0.29, 0.717) is 22.7 Å². The number of nitriles is 1. The highest BCUT2D eigenvalue weighted by molar-refractivity contribution is 8.13. The summed E-state index contributed by atoms with van der Waals surface area (Å²) in [6.45, 7) is 2.15. The Bertz CT molecular complexity index is 1330. The Balaban J connectivity index is 1.26. The predicted octanol–water partition coefficient (Wildman–Crippen LogP) is 5.64. The minimum atomic E-state index is -0.913. The summed E-state index contributed by atoms with van der Waals surface area (Å²) in [5.41, 5.74) is 3.00. The van der Waals surface area contributed by atoms with Gasteiger partial charge in [-0.2, -0.15) is 17.0 Å². The van der Waals surface area contributed by atoms with Gasteiger partial charge < -0.3 is 5.11 Å².